The van der Waals surface area contributed by atoms with Gasteiger partial charge in [-0.3, -0.25) is 9.59 Å². The summed E-state index contributed by atoms with van der Waals surface area (Å²) in [5.41, 5.74) is 5.82. The monoisotopic (exact) mass is 298 g/mol. The van der Waals surface area contributed by atoms with Gasteiger partial charge in [-0.25, -0.2) is 4.79 Å². The molecule has 0 aliphatic carbocycles. The average molecular weight is 299 g/mol. The lowest BCUT2D eigenvalue weighted by Crippen LogP contribution is -2.41. The Morgan fingerprint density at radius 3 is 2.60 bits per heavy atom. The lowest BCUT2D eigenvalue weighted by Gasteiger charge is -2.15. The van der Waals surface area contributed by atoms with Crippen LogP contribution >= 0.6 is 11.6 Å². The fraction of sp³-hybridized carbons (Fsp3) is 0.308. The third kappa shape index (κ3) is 4.24. The molecule has 20 heavy (non-hydrogen) atoms. The smallest absolute Gasteiger partial charge is 0.326 e. The van der Waals surface area contributed by atoms with Gasteiger partial charge < -0.3 is 16.2 Å². The summed E-state index contributed by atoms with van der Waals surface area (Å²) in [7, 11) is 0. The molecule has 0 fully saturated rings. The van der Waals surface area contributed by atoms with E-state index in [4.69, 9.17) is 22.4 Å². The summed E-state index contributed by atoms with van der Waals surface area (Å²) >= 11 is 5.90. The van der Waals surface area contributed by atoms with Crippen molar-refractivity contribution in [3.63, 3.8) is 0 Å². The summed E-state index contributed by atoms with van der Waals surface area (Å²) in [6, 6.07) is 3.61. The molecule has 1 unspecified atom stereocenters. The number of halogens is 1. The van der Waals surface area contributed by atoms with Crippen LogP contribution in [0.5, 0.6) is 0 Å². The molecule has 7 heteroatoms. The molecule has 0 saturated carbocycles. The lowest BCUT2D eigenvalue weighted by atomic mass is 10.1. The first-order valence-electron chi connectivity index (χ1n) is 5.90. The minimum Gasteiger partial charge on any atom is -0.480 e. The van der Waals surface area contributed by atoms with Crippen molar-refractivity contribution in [2.45, 2.75) is 25.8 Å². The van der Waals surface area contributed by atoms with Crippen molar-refractivity contribution < 1.29 is 19.5 Å². The molecule has 0 heterocycles. The van der Waals surface area contributed by atoms with Crippen LogP contribution in [-0.4, -0.2) is 28.9 Å². The zero-order valence-electron chi connectivity index (χ0n) is 10.9. The van der Waals surface area contributed by atoms with Gasteiger partial charge in [0.15, 0.2) is 0 Å². The molecule has 0 aromatic heterocycles. The second-order valence-electron chi connectivity index (χ2n) is 4.28. The van der Waals surface area contributed by atoms with Crippen molar-refractivity contribution in [1.29, 1.82) is 0 Å². The first kappa shape index (κ1) is 16.0. The topological polar surface area (TPSA) is 109 Å². The molecule has 0 aliphatic rings. The molecule has 0 radical (unpaired) electrons. The number of nitrogens with two attached hydrogens (primary N) is 1. The Kier molecular flexibility index (Phi) is 5.52. The molecule has 0 spiro atoms. The van der Waals surface area contributed by atoms with Gasteiger partial charge in [-0.15, -0.1) is 0 Å². The van der Waals surface area contributed by atoms with E-state index < -0.39 is 23.8 Å². The van der Waals surface area contributed by atoms with E-state index in [1.807, 2.05) is 0 Å². The van der Waals surface area contributed by atoms with E-state index in [1.54, 1.807) is 25.1 Å². The van der Waals surface area contributed by atoms with Crippen LogP contribution in [0.1, 0.15) is 28.8 Å². The van der Waals surface area contributed by atoms with Gasteiger partial charge in [0.05, 0.1) is 0 Å². The number of carbonyl (C=O) groups excluding carboxylic acids is 2. The van der Waals surface area contributed by atoms with Crippen LogP contribution in [0.15, 0.2) is 18.2 Å². The van der Waals surface area contributed by atoms with Gasteiger partial charge in [-0.2, -0.15) is 0 Å². The van der Waals surface area contributed by atoms with Crippen molar-refractivity contribution >= 4 is 29.4 Å². The minimum atomic E-state index is -1.22. The van der Waals surface area contributed by atoms with Crippen molar-refractivity contribution in [2.75, 3.05) is 0 Å². The number of rotatable bonds is 6. The highest BCUT2D eigenvalue weighted by Gasteiger charge is 2.22. The van der Waals surface area contributed by atoms with Crippen molar-refractivity contribution in [3.05, 3.63) is 34.3 Å². The van der Waals surface area contributed by atoms with Gasteiger partial charge in [-0.1, -0.05) is 17.7 Å². The maximum atomic E-state index is 12.0. The largest absolute Gasteiger partial charge is 0.480 e. The van der Waals surface area contributed by atoms with Crippen molar-refractivity contribution in [1.82, 2.24) is 5.32 Å². The van der Waals surface area contributed by atoms with Gasteiger partial charge in [0, 0.05) is 17.0 Å². The molecule has 1 rings (SSSR count). The standard InChI is InChI=1S/C13H15ClN2O4/c1-7-8(3-2-4-9(7)14)12(18)16-10(13(19)20)5-6-11(15)17/h2-4,10H,5-6H2,1H3,(H2,15,17)(H,16,18)(H,19,20). The Balaban J connectivity index is 2.83. The fourth-order valence-corrected chi connectivity index (χ4v) is 1.81. The highest BCUT2D eigenvalue weighted by molar-refractivity contribution is 6.31. The number of hydrogen-bond donors (Lipinski definition) is 3. The van der Waals surface area contributed by atoms with Gasteiger partial charge in [0.25, 0.3) is 5.91 Å². The zero-order valence-corrected chi connectivity index (χ0v) is 11.6. The van der Waals surface area contributed by atoms with E-state index in [9.17, 15) is 14.4 Å². The number of carbonyl (C=O) groups is 3. The maximum absolute atomic E-state index is 12.0. The van der Waals surface area contributed by atoms with Gasteiger partial charge in [0.2, 0.25) is 5.91 Å². The number of nitrogens with one attached hydrogen (secondary N) is 1. The summed E-state index contributed by atoms with van der Waals surface area (Å²) in [5, 5.41) is 11.8. The third-order valence-electron chi connectivity index (χ3n) is 2.80. The predicted molar refractivity (Wildman–Crippen MR) is 73.5 cm³/mol. The number of hydrogen-bond acceptors (Lipinski definition) is 3. The van der Waals surface area contributed by atoms with Gasteiger partial charge in [-0.05, 0) is 31.0 Å². The van der Waals surface area contributed by atoms with E-state index in [1.165, 1.54) is 0 Å². The first-order chi connectivity index (χ1) is 9.32. The molecule has 0 saturated heterocycles. The zero-order chi connectivity index (χ0) is 15.3. The normalized spacial score (nSPS) is 11.7. The maximum Gasteiger partial charge on any atom is 0.326 e. The lowest BCUT2D eigenvalue weighted by molar-refractivity contribution is -0.139. The fourth-order valence-electron chi connectivity index (χ4n) is 1.63. The molecule has 1 atom stereocenters. The molecule has 0 bridgehead atoms. The Morgan fingerprint density at radius 2 is 2.05 bits per heavy atom. The number of amides is 2. The van der Waals surface area contributed by atoms with Crippen LogP contribution in [0, 0.1) is 6.92 Å². The van der Waals surface area contributed by atoms with Crippen LogP contribution in [0.4, 0.5) is 0 Å². The Hall–Kier alpha value is -2.08. The van der Waals surface area contributed by atoms with E-state index in [0.717, 1.165) is 0 Å². The molecule has 6 nitrogen and oxygen atoms in total. The third-order valence-corrected chi connectivity index (χ3v) is 3.20. The van der Waals surface area contributed by atoms with Crippen LogP contribution in [0.3, 0.4) is 0 Å². The summed E-state index contributed by atoms with van der Waals surface area (Å²) in [6.07, 6.45) is -0.179. The summed E-state index contributed by atoms with van der Waals surface area (Å²) in [6.45, 7) is 1.66. The van der Waals surface area contributed by atoms with E-state index in [0.29, 0.717) is 16.1 Å². The first-order valence-corrected chi connectivity index (χ1v) is 6.27. The van der Waals surface area contributed by atoms with Crippen LogP contribution in [-0.2, 0) is 9.59 Å². The summed E-state index contributed by atoms with van der Waals surface area (Å²) in [5.74, 6) is -2.40. The van der Waals surface area contributed by atoms with Gasteiger partial charge >= 0.3 is 5.97 Å². The number of aliphatic carboxylic acids is 1. The van der Waals surface area contributed by atoms with Gasteiger partial charge in [0.1, 0.15) is 6.04 Å². The van der Waals surface area contributed by atoms with Crippen molar-refractivity contribution in [2.24, 2.45) is 5.73 Å². The average Bonchev–Trinajstić information content (AvgIpc) is 2.36. The summed E-state index contributed by atoms with van der Waals surface area (Å²) in [4.78, 5) is 33.7. The Morgan fingerprint density at radius 1 is 1.40 bits per heavy atom. The molecule has 1 aromatic carbocycles. The minimum absolute atomic E-state index is 0.0595. The highest BCUT2D eigenvalue weighted by atomic mass is 35.5. The molecular weight excluding hydrogens is 284 g/mol. The van der Waals surface area contributed by atoms with E-state index >= 15 is 0 Å². The molecule has 108 valence electrons. The van der Waals surface area contributed by atoms with Crippen molar-refractivity contribution in [3.8, 4) is 0 Å². The number of carboxylic acid groups (broad SMARTS) is 1. The predicted octanol–water partition coefficient (Wildman–Crippen LogP) is 1.10. The Labute approximate surface area is 120 Å². The molecule has 2 amide bonds. The Bertz CT molecular complexity index is 545. The molecular formula is C13H15ClN2O4. The van der Waals surface area contributed by atoms with Crippen LogP contribution < -0.4 is 11.1 Å². The quantitative estimate of drug-likeness (QED) is 0.730. The summed E-state index contributed by atoms with van der Waals surface area (Å²) < 4.78 is 0. The molecule has 0 aliphatic heterocycles. The molecule has 4 N–H and O–H groups in total. The van der Waals surface area contributed by atoms with E-state index in [-0.39, 0.29) is 12.8 Å². The number of carboxylic acids is 1. The highest BCUT2D eigenvalue weighted by Crippen LogP contribution is 2.18. The van der Waals surface area contributed by atoms with Crippen LogP contribution in [0.2, 0.25) is 5.02 Å². The van der Waals surface area contributed by atoms with Crippen LogP contribution in [0.25, 0.3) is 0 Å². The van der Waals surface area contributed by atoms with E-state index in [2.05, 4.69) is 5.32 Å². The second kappa shape index (κ2) is 6.91. The molecule has 1 aromatic rings. The number of primary amides is 1. The number of benzene rings is 1. The SMILES string of the molecule is Cc1c(Cl)cccc1C(=O)NC(CCC(N)=O)C(=O)O. The second-order valence-corrected chi connectivity index (χ2v) is 4.69.